The molecular weight excluding hydrogens is 311 g/mol. The van der Waals surface area contributed by atoms with Gasteiger partial charge < -0.3 is 10.5 Å². The van der Waals surface area contributed by atoms with Crippen molar-refractivity contribution in [1.82, 2.24) is 4.31 Å². The minimum absolute atomic E-state index is 0.0531. The zero-order valence-corrected chi connectivity index (χ0v) is 13.2. The number of halogens is 2. The molecule has 1 aromatic carbocycles. The monoisotopic (exact) mass is 326 g/mol. The molecule has 1 unspecified atom stereocenters. The molecule has 0 aromatic heterocycles. The van der Waals surface area contributed by atoms with Gasteiger partial charge in [0.2, 0.25) is 10.0 Å². The highest BCUT2D eigenvalue weighted by atomic mass is 35.5. The number of hydrogen-bond donors (Lipinski definition) is 1. The Bertz CT molecular complexity index is 563. The van der Waals surface area contributed by atoms with E-state index in [0.717, 1.165) is 4.31 Å². The van der Waals surface area contributed by atoms with Crippen molar-refractivity contribution in [3.8, 4) is 5.75 Å². The first kappa shape index (κ1) is 16.5. The van der Waals surface area contributed by atoms with E-state index < -0.39 is 10.0 Å². The second-order valence-electron chi connectivity index (χ2n) is 4.02. The average Bonchev–Trinajstić information content (AvgIpc) is 2.38. The summed E-state index contributed by atoms with van der Waals surface area (Å²) in [7, 11) is -0.876. The van der Waals surface area contributed by atoms with E-state index in [9.17, 15) is 8.42 Å². The van der Waals surface area contributed by atoms with Gasteiger partial charge in [0.15, 0.2) is 0 Å². The minimum atomic E-state index is -3.75. The first-order valence-corrected chi connectivity index (χ1v) is 7.66. The SMILES string of the molecule is COc1cc(Cl)c(S(=O)(=O)N(C)C(C)CN)cc1Cl. The summed E-state index contributed by atoms with van der Waals surface area (Å²) in [4.78, 5) is -0.0669. The van der Waals surface area contributed by atoms with Crippen LogP contribution in [-0.4, -0.2) is 39.5 Å². The van der Waals surface area contributed by atoms with Gasteiger partial charge in [0.25, 0.3) is 0 Å². The van der Waals surface area contributed by atoms with Crippen molar-refractivity contribution >= 4 is 33.2 Å². The largest absolute Gasteiger partial charge is 0.495 e. The van der Waals surface area contributed by atoms with Crippen molar-refractivity contribution < 1.29 is 13.2 Å². The number of likely N-dealkylation sites (N-methyl/N-ethyl adjacent to an activating group) is 1. The van der Waals surface area contributed by atoms with Crippen LogP contribution < -0.4 is 10.5 Å². The highest BCUT2D eigenvalue weighted by Crippen LogP contribution is 2.34. The van der Waals surface area contributed by atoms with Crippen LogP contribution in [0, 0.1) is 0 Å². The van der Waals surface area contributed by atoms with Gasteiger partial charge in [-0.05, 0) is 13.0 Å². The molecule has 0 aliphatic heterocycles. The van der Waals surface area contributed by atoms with Gasteiger partial charge in [-0.15, -0.1) is 0 Å². The average molecular weight is 327 g/mol. The predicted octanol–water partition coefficient (Wildman–Crippen LogP) is 1.97. The Balaban J connectivity index is 3.34. The lowest BCUT2D eigenvalue weighted by Gasteiger charge is -2.23. The molecule has 0 saturated carbocycles. The second kappa shape index (κ2) is 6.28. The van der Waals surface area contributed by atoms with E-state index in [-0.39, 0.29) is 27.5 Å². The summed E-state index contributed by atoms with van der Waals surface area (Å²) in [5.41, 5.74) is 5.48. The molecule has 1 aromatic rings. The minimum Gasteiger partial charge on any atom is -0.495 e. The number of sulfonamides is 1. The number of nitrogens with zero attached hydrogens (tertiary/aromatic N) is 1. The lowest BCUT2D eigenvalue weighted by Crippen LogP contribution is -2.39. The van der Waals surface area contributed by atoms with Gasteiger partial charge in [0.05, 0.1) is 17.2 Å². The van der Waals surface area contributed by atoms with E-state index in [4.69, 9.17) is 33.7 Å². The normalized spacial score (nSPS) is 13.6. The molecule has 0 bridgehead atoms. The Morgan fingerprint density at radius 1 is 1.37 bits per heavy atom. The van der Waals surface area contributed by atoms with Gasteiger partial charge in [-0.3, -0.25) is 0 Å². The number of methoxy groups -OCH3 is 1. The summed E-state index contributed by atoms with van der Waals surface area (Å²) >= 11 is 11.9. The van der Waals surface area contributed by atoms with Crippen LogP contribution >= 0.6 is 23.2 Å². The molecule has 108 valence electrons. The summed E-state index contributed by atoms with van der Waals surface area (Å²) in [5, 5.41) is 0.233. The standard InChI is InChI=1S/C11H16Cl2N2O3S/c1-7(6-14)15(2)19(16,17)11-5-8(12)10(18-3)4-9(11)13/h4-5,7H,6,14H2,1-3H3. The molecule has 0 aliphatic rings. The van der Waals surface area contributed by atoms with Gasteiger partial charge in [0.1, 0.15) is 10.6 Å². The molecule has 0 radical (unpaired) electrons. The molecule has 2 N–H and O–H groups in total. The molecule has 0 heterocycles. The fourth-order valence-electron chi connectivity index (χ4n) is 1.40. The highest BCUT2D eigenvalue weighted by Gasteiger charge is 2.28. The van der Waals surface area contributed by atoms with Gasteiger partial charge in [0, 0.05) is 25.7 Å². The summed E-state index contributed by atoms with van der Waals surface area (Å²) in [6.07, 6.45) is 0. The number of nitrogens with two attached hydrogens (primary N) is 1. The maximum Gasteiger partial charge on any atom is 0.244 e. The van der Waals surface area contributed by atoms with Crippen molar-refractivity contribution in [3.63, 3.8) is 0 Å². The van der Waals surface area contributed by atoms with Crippen LogP contribution in [0.1, 0.15) is 6.92 Å². The van der Waals surface area contributed by atoms with Crippen molar-refractivity contribution in [3.05, 3.63) is 22.2 Å². The molecule has 5 nitrogen and oxygen atoms in total. The molecule has 1 atom stereocenters. The zero-order chi connectivity index (χ0) is 14.8. The Kier molecular flexibility index (Phi) is 5.46. The molecule has 0 saturated heterocycles. The van der Waals surface area contributed by atoms with Crippen molar-refractivity contribution in [2.45, 2.75) is 17.9 Å². The molecule has 0 aliphatic carbocycles. The Hall–Kier alpha value is -0.530. The zero-order valence-electron chi connectivity index (χ0n) is 10.9. The van der Waals surface area contributed by atoms with Crippen LogP contribution in [0.5, 0.6) is 5.75 Å². The number of rotatable bonds is 5. The van der Waals surface area contributed by atoms with E-state index >= 15 is 0 Å². The van der Waals surface area contributed by atoms with Gasteiger partial charge in [-0.2, -0.15) is 4.31 Å². The van der Waals surface area contributed by atoms with Gasteiger partial charge >= 0.3 is 0 Å². The summed E-state index contributed by atoms with van der Waals surface area (Å²) in [6.45, 7) is 1.91. The molecule has 0 amide bonds. The third kappa shape index (κ3) is 3.32. The maximum atomic E-state index is 12.4. The summed E-state index contributed by atoms with van der Waals surface area (Å²) < 4.78 is 30.9. The fraction of sp³-hybridized carbons (Fsp3) is 0.455. The van der Waals surface area contributed by atoms with E-state index in [1.54, 1.807) is 6.92 Å². The van der Waals surface area contributed by atoms with Crippen LogP contribution in [-0.2, 0) is 10.0 Å². The predicted molar refractivity (Wildman–Crippen MR) is 76.5 cm³/mol. The van der Waals surface area contributed by atoms with Crippen LogP contribution in [0.15, 0.2) is 17.0 Å². The summed E-state index contributed by atoms with van der Waals surface area (Å²) in [6, 6.07) is 2.30. The first-order chi connectivity index (χ1) is 8.75. The Morgan fingerprint density at radius 2 is 1.95 bits per heavy atom. The van der Waals surface area contributed by atoms with Crippen LogP contribution in [0.2, 0.25) is 10.0 Å². The van der Waals surface area contributed by atoms with Crippen LogP contribution in [0.25, 0.3) is 0 Å². The molecule has 0 spiro atoms. The van der Waals surface area contributed by atoms with Gasteiger partial charge in [-0.1, -0.05) is 23.2 Å². The lowest BCUT2D eigenvalue weighted by molar-refractivity contribution is 0.394. The van der Waals surface area contributed by atoms with E-state index in [1.807, 2.05) is 0 Å². The van der Waals surface area contributed by atoms with E-state index in [1.165, 1.54) is 26.3 Å². The second-order valence-corrected chi connectivity index (χ2v) is 6.80. The smallest absolute Gasteiger partial charge is 0.244 e. The molecule has 8 heteroatoms. The van der Waals surface area contributed by atoms with E-state index in [0.29, 0.717) is 5.75 Å². The van der Waals surface area contributed by atoms with Crippen molar-refractivity contribution in [2.75, 3.05) is 20.7 Å². The van der Waals surface area contributed by atoms with Crippen molar-refractivity contribution in [1.29, 1.82) is 0 Å². The Morgan fingerprint density at radius 3 is 2.42 bits per heavy atom. The highest BCUT2D eigenvalue weighted by molar-refractivity contribution is 7.89. The summed E-state index contributed by atoms with van der Waals surface area (Å²) in [5.74, 6) is 0.320. The lowest BCUT2D eigenvalue weighted by atomic mass is 10.3. The van der Waals surface area contributed by atoms with Crippen molar-refractivity contribution in [2.24, 2.45) is 5.73 Å². The topological polar surface area (TPSA) is 72.6 Å². The van der Waals surface area contributed by atoms with Crippen LogP contribution in [0.3, 0.4) is 0 Å². The third-order valence-corrected chi connectivity index (χ3v) is 5.56. The third-order valence-electron chi connectivity index (χ3n) is 2.83. The first-order valence-electron chi connectivity index (χ1n) is 5.46. The van der Waals surface area contributed by atoms with Crippen LogP contribution in [0.4, 0.5) is 0 Å². The Labute approximate surface area is 123 Å². The molecule has 19 heavy (non-hydrogen) atoms. The number of hydrogen-bond acceptors (Lipinski definition) is 4. The molecule has 0 fully saturated rings. The van der Waals surface area contributed by atoms with E-state index in [2.05, 4.69) is 0 Å². The molecular formula is C11H16Cl2N2O3S. The van der Waals surface area contributed by atoms with Gasteiger partial charge in [-0.25, -0.2) is 8.42 Å². The fourth-order valence-corrected chi connectivity index (χ4v) is 3.60. The number of ether oxygens (including phenoxy) is 1. The number of benzene rings is 1. The maximum absolute atomic E-state index is 12.4. The quantitative estimate of drug-likeness (QED) is 0.897. The molecule has 1 rings (SSSR count).